The number of hydrogen-bond donors (Lipinski definition) is 2. The highest BCUT2D eigenvalue weighted by molar-refractivity contribution is 5.72. The van der Waals surface area contributed by atoms with Gasteiger partial charge in [0.15, 0.2) is 18.1 Å². The number of hydrogen-bond acceptors (Lipinski definition) is 11. The van der Waals surface area contributed by atoms with Crippen LogP contribution in [-0.2, 0) is 14.3 Å². The highest BCUT2D eigenvalue weighted by atomic mass is 16.6. The predicted octanol–water partition coefficient (Wildman–Crippen LogP) is 3.48. The second-order valence-corrected chi connectivity index (χ2v) is 10.3. The van der Waals surface area contributed by atoms with Crippen LogP contribution in [0.1, 0.15) is 39.2 Å². The largest absolute Gasteiger partial charge is 0.493 e. The van der Waals surface area contributed by atoms with Crippen LogP contribution in [0.3, 0.4) is 0 Å². The van der Waals surface area contributed by atoms with E-state index in [-0.39, 0.29) is 25.2 Å². The van der Waals surface area contributed by atoms with Crippen LogP contribution in [-0.4, -0.2) is 98.0 Å². The average Bonchev–Trinajstić information content (AvgIpc) is 3.29. The SMILES string of the molecule is CCOC(=O)COc1cc(Nc2ncnc3c2C(CN(C)CCN(C)C(=O)OC(C)(C)C)CN3)ccc1OC. The minimum absolute atomic E-state index is 0.123. The summed E-state index contributed by atoms with van der Waals surface area (Å²) in [7, 11) is 5.30. The van der Waals surface area contributed by atoms with Gasteiger partial charge in [-0.1, -0.05) is 0 Å². The van der Waals surface area contributed by atoms with E-state index >= 15 is 0 Å². The molecular formula is C27H40N6O6. The molecule has 1 aromatic heterocycles. The Morgan fingerprint density at radius 3 is 2.62 bits per heavy atom. The number of nitrogens with zero attached hydrogens (tertiary/aromatic N) is 4. The van der Waals surface area contributed by atoms with E-state index in [9.17, 15) is 9.59 Å². The maximum absolute atomic E-state index is 12.3. The van der Waals surface area contributed by atoms with Gasteiger partial charge in [-0.25, -0.2) is 19.6 Å². The minimum Gasteiger partial charge on any atom is -0.493 e. The molecular weight excluding hydrogens is 504 g/mol. The van der Waals surface area contributed by atoms with E-state index in [1.54, 1.807) is 31.0 Å². The first-order valence-corrected chi connectivity index (χ1v) is 13.0. The Kier molecular flexibility index (Phi) is 10.2. The van der Waals surface area contributed by atoms with Gasteiger partial charge in [0.1, 0.15) is 23.6 Å². The standard InChI is InChI=1S/C27H40N6O6/c1-8-37-22(34)16-38-21-13-19(9-10-20(21)36-7)31-25-23-18(14-28-24(23)29-17-30-25)15-32(5)11-12-33(6)26(35)39-27(2,3)4/h9-10,13,17-18H,8,11-12,14-16H2,1-7H3,(H2,28,29,30,31). The molecule has 1 aliphatic heterocycles. The quantitative estimate of drug-likeness (QED) is 0.381. The lowest BCUT2D eigenvalue weighted by Gasteiger charge is -2.27. The number of likely N-dealkylation sites (N-methyl/N-ethyl adjacent to an activating group) is 2. The van der Waals surface area contributed by atoms with Crippen molar-refractivity contribution in [1.29, 1.82) is 0 Å². The highest BCUT2D eigenvalue weighted by Crippen LogP contribution is 2.37. The highest BCUT2D eigenvalue weighted by Gasteiger charge is 2.29. The monoisotopic (exact) mass is 544 g/mol. The fourth-order valence-electron chi connectivity index (χ4n) is 4.06. The summed E-state index contributed by atoms with van der Waals surface area (Å²) in [5, 5.41) is 6.73. The molecule has 0 saturated heterocycles. The zero-order valence-electron chi connectivity index (χ0n) is 23.9. The maximum Gasteiger partial charge on any atom is 0.410 e. The Hall–Kier alpha value is -3.80. The number of carbonyl (C=O) groups excluding carboxylic acids is 2. The number of aromatic nitrogens is 2. The molecule has 0 radical (unpaired) electrons. The summed E-state index contributed by atoms with van der Waals surface area (Å²) in [5.74, 6) is 2.03. The molecule has 1 aliphatic rings. The molecule has 1 aromatic carbocycles. The molecule has 0 saturated carbocycles. The topological polar surface area (TPSA) is 127 Å². The van der Waals surface area contributed by atoms with E-state index in [2.05, 4.69) is 25.5 Å². The number of benzene rings is 1. The zero-order valence-corrected chi connectivity index (χ0v) is 23.9. The van der Waals surface area contributed by atoms with Gasteiger partial charge in [0, 0.05) is 56.5 Å². The van der Waals surface area contributed by atoms with Crippen molar-refractivity contribution in [3.63, 3.8) is 0 Å². The van der Waals surface area contributed by atoms with Crippen molar-refractivity contribution < 1.29 is 28.5 Å². The molecule has 1 atom stereocenters. The maximum atomic E-state index is 12.3. The van der Waals surface area contributed by atoms with Crippen LogP contribution in [0.2, 0.25) is 0 Å². The molecule has 0 aliphatic carbocycles. The lowest BCUT2D eigenvalue weighted by atomic mass is 10.0. The summed E-state index contributed by atoms with van der Waals surface area (Å²) >= 11 is 0. The van der Waals surface area contributed by atoms with Crippen LogP contribution in [0.4, 0.5) is 22.1 Å². The van der Waals surface area contributed by atoms with Crippen molar-refractivity contribution in [3.8, 4) is 11.5 Å². The molecule has 2 N–H and O–H groups in total. The van der Waals surface area contributed by atoms with Crippen molar-refractivity contribution >= 4 is 29.4 Å². The Morgan fingerprint density at radius 2 is 1.92 bits per heavy atom. The molecule has 3 rings (SSSR count). The van der Waals surface area contributed by atoms with Crippen molar-refractivity contribution in [3.05, 3.63) is 30.1 Å². The smallest absolute Gasteiger partial charge is 0.410 e. The third kappa shape index (κ3) is 8.60. The molecule has 12 heteroatoms. The van der Waals surface area contributed by atoms with Crippen molar-refractivity contribution in [1.82, 2.24) is 19.8 Å². The fourth-order valence-corrected chi connectivity index (χ4v) is 4.06. The number of nitrogens with one attached hydrogen (secondary N) is 2. The van der Waals surface area contributed by atoms with Gasteiger partial charge in [-0.05, 0) is 46.9 Å². The van der Waals surface area contributed by atoms with Gasteiger partial charge < -0.3 is 39.4 Å². The van der Waals surface area contributed by atoms with Crippen LogP contribution < -0.4 is 20.1 Å². The van der Waals surface area contributed by atoms with E-state index in [4.69, 9.17) is 18.9 Å². The number of ether oxygens (including phenoxy) is 4. The first-order chi connectivity index (χ1) is 18.5. The lowest BCUT2D eigenvalue weighted by Crippen LogP contribution is -2.39. The van der Waals surface area contributed by atoms with Crippen molar-refractivity contribution in [2.45, 2.75) is 39.2 Å². The number of carbonyl (C=O) groups is 2. The fraction of sp³-hybridized carbons (Fsp3) is 0.556. The molecule has 1 amide bonds. The third-order valence-electron chi connectivity index (χ3n) is 5.94. The van der Waals surface area contributed by atoms with Gasteiger partial charge in [0.2, 0.25) is 0 Å². The van der Waals surface area contributed by atoms with Crippen LogP contribution >= 0.6 is 0 Å². The van der Waals surface area contributed by atoms with Gasteiger partial charge in [-0.2, -0.15) is 0 Å². The van der Waals surface area contributed by atoms with Crippen molar-refractivity contribution in [2.24, 2.45) is 0 Å². The third-order valence-corrected chi connectivity index (χ3v) is 5.94. The Bertz CT molecular complexity index is 1140. The number of amides is 1. The van der Waals surface area contributed by atoms with Gasteiger partial charge in [0.25, 0.3) is 0 Å². The molecule has 1 unspecified atom stereocenters. The molecule has 2 heterocycles. The zero-order chi connectivity index (χ0) is 28.6. The van der Waals surface area contributed by atoms with Crippen LogP contribution in [0.5, 0.6) is 11.5 Å². The summed E-state index contributed by atoms with van der Waals surface area (Å²) in [5.41, 5.74) is 1.17. The Morgan fingerprint density at radius 1 is 1.15 bits per heavy atom. The predicted molar refractivity (Wildman–Crippen MR) is 148 cm³/mol. The summed E-state index contributed by atoms with van der Waals surface area (Å²) in [6, 6.07) is 5.36. The Labute approximate surface area is 230 Å². The second-order valence-electron chi connectivity index (χ2n) is 10.3. The molecule has 0 bridgehead atoms. The number of fused-ring (bicyclic) bond motifs is 1. The van der Waals surface area contributed by atoms with E-state index in [1.807, 2.05) is 33.9 Å². The van der Waals surface area contributed by atoms with Gasteiger partial charge in [0.05, 0.1) is 13.7 Å². The number of anilines is 3. The number of rotatable bonds is 12. The summed E-state index contributed by atoms with van der Waals surface area (Å²) < 4.78 is 21.4. The number of methoxy groups -OCH3 is 1. The molecule has 39 heavy (non-hydrogen) atoms. The molecule has 12 nitrogen and oxygen atoms in total. The van der Waals surface area contributed by atoms with E-state index < -0.39 is 11.6 Å². The van der Waals surface area contributed by atoms with Crippen LogP contribution in [0.25, 0.3) is 0 Å². The summed E-state index contributed by atoms with van der Waals surface area (Å²) in [6.07, 6.45) is 1.17. The first-order valence-electron chi connectivity index (χ1n) is 13.0. The van der Waals surface area contributed by atoms with Gasteiger partial charge >= 0.3 is 12.1 Å². The summed E-state index contributed by atoms with van der Waals surface area (Å²) in [4.78, 5) is 36.7. The molecule has 0 spiro atoms. The molecule has 214 valence electrons. The molecule has 0 fully saturated rings. The normalized spacial score (nSPS) is 14.3. The second kappa shape index (κ2) is 13.3. The van der Waals surface area contributed by atoms with Gasteiger partial charge in [-0.3, -0.25) is 0 Å². The first kappa shape index (κ1) is 29.8. The van der Waals surface area contributed by atoms with Crippen LogP contribution in [0.15, 0.2) is 24.5 Å². The number of esters is 1. The van der Waals surface area contributed by atoms with Crippen LogP contribution in [0, 0.1) is 0 Å². The van der Waals surface area contributed by atoms with E-state index in [0.29, 0.717) is 42.6 Å². The van der Waals surface area contributed by atoms with E-state index in [1.165, 1.54) is 13.4 Å². The van der Waals surface area contributed by atoms with E-state index in [0.717, 1.165) is 17.9 Å². The lowest BCUT2D eigenvalue weighted by molar-refractivity contribution is -0.145. The Balaban J connectivity index is 1.67. The van der Waals surface area contributed by atoms with Crippen molar-refractivity contribution in [2.75, 3.05) is 71.2 Å². The summed E-state index contributed by atoms with van der Waals surface area (Å²) in [6.45, 7) is 10.0. The van der Waals surface area contributed by atoms with Gasteiger partial charge in [-0.15, -0.1) is 0 Å². The minimum atomic E-state index is -0.530. The molecule has 2 aromatic rings. The average molecular weight is 545 g/mol.